The molecule has 0 aliphatic heterocycles. The van der Waals surface area contributed by atoms with Crippen LogP contribution in [0, 0.1) is 0 Å². The van der Waals surface area contributed by atoms with Crippen molar-refractivity contribution >= 4 is 28.1 Å². The number of nitrogens with zero attached hydrogens (tertiary/aromatic N) is 1. The average Bonchev–Trinajstić information content (AvgIpc) is 3.35. The predicted molar refractivity (Wildman–Crippen MR) is 111 cm³/mol. The van der Waals surface area contributed by atoms with Crippen molar-refractivity contribution in [3.63, 3.8) is 0 Å². The van der Waals surface area contributed by atoms with Crippen molar-refractivity contribution in [2.45, 2.75) is 26.3 Å². The molecule has 27 heavy (non-hydrogen) atoms. The smallest absolute Gasteiger partial charge is 0.271 e. The second kappa shape index (κ2) is 7.37. The average molecular weight is 375 g/mol. The summed E-state index contributed by atoms with van der Waals surface area (Å²) in [6.07, 6.45) is 1.91. The Kier molecular flexibility index (Phi) is 4.77. The van der Waals surface area contributed by atoms with Gasteiger partial charge in [0.2, 0.25) is 0 Å². The van der Waals surface area contributed by atoms with Gasteiger partial charge in [-0.05, 0) is 28.5 Å². The van der Waals surface area contributed by atoms with E-state index < -0.39 is 0 Å². The van der Waals surface area contributed by atoms with E-state index in [1.165, 1.54) is 16.9 Å². The van der Waals surface area contributed by atoms with E-state index in [2.05, 4.69) is 59.5 Å². The molecular weight excluding hydrogens is 354 g/mol. The summed E-state index contributed by atoms with van der Waals surface area (Å²) in [5.41, 5.74) is 4.92. The molecule has 0 radical (unpaired) electrons. The molecule has 4 nitrogen and oxygen atoms in total. The molecular formula is C22H21N3OS. The number of nitrogens with one attached hydrogen (secondary N) is 2. The van der Waals surface area contributed by atoms with Gasteiger partial charge >= 0.3 is 0 Å². The third-order valence-electron chi connectivity index (χ3n) is 4.67. The summed E-state index contributed by atoms with van der Waals surface area (Å²) in [5.74, 6) is 0.348. The monoisotopic (exact) mass is 375 g/mol. The third-order valence-corrected chi connectivity index (χ3v) is 5.57. The van der Waals surface area contributed by atoms with Crippen molar-refractivity contribution in [3.8, 4) is 10.6 Å². The molecule has 0 saturated heterocycles. The number of amides is 1. The summed E-state index contributed by atoms with van der Waals surface area (Å²) in [7, 11) is 0. The normalized spacial score (nSPS) is 11.2. The zero-order chi connectivity index (χ0) is 18.8. The number of fused-ring (bicyclic) bond motifs is 1. The maximum Gasteiger partial charge on any atom is 0.271 e. The van der Waals surface area contributed by atoms with E-state index in [1.54, 1.807) is 0 Å². The minimum absolute atomic E-state index is 0.153. The van der Waals surface area contributed by atoms with Crippen LogP contribution in [0.4, 0.5) is 0 Å². The van der Waals surface area contributed by atoms with Crippen LogP contribution in [0.15, 0.2) is 60.1 Å². The zero-order valence-corrected chi connectivity index (χ0v) is 16.1. The fourth-order valence-electron chi connectivity index (χ4n) is 3.08. The number of carbonyl (C=O) groups is 1. The van der Waals surface area contributed by atoms with Crippen LogP contribution in [0.5, 0.6) is 0 Å². The predicted octanol–water partition coefficient (Wildman–Crippen LogP) is 5.34. The first-order valence-corrected chi connectivity index (χ1v) is 9.89. The largest absolute Gasteiger partial charge is 0.361 e. The summed E-state index contributed by atoms with van der Waals surface area (Å²) in [5, 5.41) is 6.79. The van der Waals surface area contributed by atoms with E-state index in [9.17, 15) is 4.79 Å². The van der Waals surface area contributed by atoms with Gasteiger partial charge in [-0.1, -0.05) is 56.3 Å². The van der Waals surface area contributed by atoms with Gasteiger partial charge in [-0.2, -0.15) is 0 Å². The standard InChI is InChI=1S/C22H21N3OS/c1-14(2)15-6-8-17(9-7-15)22-25-19(13-27-22)21(26)24-12-18-5-3-4-16-10-11-23-20(16)18/h3-11,13-14,23H,12H2,1-2H3,(H,24,26). The maximum atomic E-state index is 12.5. The quantitative estimate of drug-likeness (QED) is 0.494. The molecule has 0 bridgehead atoms. The zero-order valence-electron chi connectivity index (χ0n) is 15.3. The van der Waals surface area contributed by atoms with E-state index in [0.717, 1.165) is 27.0 Å². The summed E-state index contributed by atoms with van der Waals surface area (Å²) in [4.78, 5) is 20.2. The van der Waals surface area contributed by atoms with Crippen molar-refractivity contribution in [2.24, 2.45) is 0 Å². The molecule has 0 atom stereocenters. The number of hydrogen-bond donors (Lipinski definition) is 2. The molecule has 0 unspecified atom stereocenters. The van der Waals surface area contributed by atoms with Gasteiger partial charge in [0.15, 0.2) is 0 Å². The van der Waals surface area contributed by atoms with Crippen LogP contribution >= 0.6 is 11.3 Å². The molecule has 2 aromatic carbocycles. The molecule has 0 saturated carbocycles. The molecule has 4 rings (SSSR count). The Morgan fingerprint density at radius 3 is 2.74 bits per heavy atom. The topological polar surface area (TPSA) is 57.8 Å². The first kappa shape index (κ1) is 17.5. The summed E-state index contributed by atoms with van der Waals surface area (Å²) in [6.45, 7) is 4.82. The van der Waals surface area contributed by atoms with Crippen LogP contribution in [0.25, 0.3) is 21.5 Å². The summed E-state index contributed by atoms with van der Waals surface area (Å²) in [6, 6.07) is 16.5. The Labute approximate surface area is 162 Å². The van der Waals surface area contributed by atoms with Crippen LogP contribution in [-0.2, 0) is 6.54 Å². The van der Waals surface area contributed by atoms with Crippen molar-refractivity contribution < 1.29 is 4.79 Å². The van der Waals surface area contributed by atoms with Crippen LogP contribution in [0.2, 0.25) is 0 Å². The van der Waals surface area contributed by atoms with Crippen molar-refractivity contribution in [1.82, 2.24) is 15.3 Å². The molecule has 0 spiro atoms. The Morgan fingerprint density at radius 2 is 1.96 bits per heavy atom. The van der Waals surface area contributed by atoms with Crippen LogP contribution in [0.3, 0.4) is 0 Å². The SMILES string of the molecule is CC(C)c1ccc(-c2nc(C(=O)NCc3cccc4cc[nH]c34)cs2)cc1. The molecule has 0 fully saturated rings. The molecule has 1 amide bonds. The van der Waals surface area contributed by atoms with Crippen molar-refractivity contribution in [1.29, 1.82) is 0 Å². The Bertz CT molecular complexity index is 1080. The number of carbonyl (C=O) groups excluding carboxylic acids is 1. The third kappa shape index (κ3) is 3.64. The fraction of sp³-hybridized carbons (Fsp3) is 0.182. The Balaban J connectivity index is 1.46. The van der Waals surface area contributed by atoms with Gasteiger partial charge in [-0.25, -0.2) is 4.98 Å². The second-order valence-corrected chi connectivity index (χ2v) is 7.71. The van der Waals surface area contributed by atoms with Gasteiger partial charge in [0.1, 0.15) is 10.7 Å². The van der Waals surface area contributed by atoms with Crippen molar-refractivity contribution in [2.75, 3.05) is 0 Å². The van der Waals surface area contributed by atoms with E-state index >= 15 is 0 Å². The lowest BCUT2D eigenvalue weighted by Crippen LogP contribution is -2.23. The van der Waals surface area contributed by atoms with Gasteiger partial charge in [0.25, 0.3) is 5.91 Å². The van der Waals surface area contributed by atoms with Crippen LogP contribution in [0.1, 0.15) is 41.4 Å². The highest BCUT2D eigenvalue weighted by Gasteiger charge is 2.13. The Morgan fingerprint density at radius 1 is 1.15 bits per heavy atom. The van der Waals surface area contributed by atoms with Gasteiger partial charge in [-0.15, -0.1) is 11.3 Å². The van der Waals surface area contributed by atoms with E-state index in [4.69, 9.17) is 0 Å². The highest BCUT2D eigenvalue weighted by atomic mass is 32.1. The van der Waals surface area contributed by atoms with E-state index in [0.29, 0.717) is 18.2 Å². The number of para-hydroxylation sites is 1. The number of hydrogen-bond acceptors (Lipinski definition) is 3. The molecule has 0 aliphatic carbocycles. The fourth-order valence-corrected chi connectivity index (χ4v) is 3.89. The first-order valence-electron chi connectivity index (χ1n) is 9.01. The number of H-pyrrole nitrogens is 1. The molecule has 5 heteroatoms. The number of aromatic amines is 1. The lowest BCUT2D eigenvalue weighted by Gasteiger charge is -2.06. The first-order chi connectivity index (χ1) is 13.1. The molecule has 4 aromatic rings. The van der Waals surface area contributed by atoms with Crippen molar-refractivity contribution in [3.05, 3.63) is 76.9 Å². The highest BCUT2D eigenvalue weighted by molar-refractivity contribution is 7.13. The van der Waals surface area contributed by atoms with Gasteiger partial charge in [0.05, 0.1) is 5.52 Å². The minimum Gasteiger partial charge on any atom is -0.361 e. The van der Waals surface area contributed by atoms with Gasteiger partial charge < -0.3 is 10.3 Å². The van der Waals surface area contributed by atoms with E-state index in [-0.39, 0.29) is 5.91 Å². The number of thiazole rings is 1. The lowest BCUT2D eigenvalue weighted by molar-refractivity contribution is 0.0947. The molecule has 136 valence electrons. The van der Waals surface area contributed by atoms with Crippen LogP contribution < -0.4 is 5.32 Å². The molecule has 2 aromatic heterocycles. The lowest BCUT2D eigenvalue weighted by atomic mass is 10.0. The number of rotatable bonds is 5. The highest BCUT2D eigenvalue weighted by Crippen LogP contribution is 2.26. The van der Waals surface area contributed by atoms with Gasteiger partial charge in [0, 0.05) is 23.7 Å². The second-order valence-electron chi connectivity index (χ2n) is 6.86. The summed E-state index contributed by atoms with van der Waals surface area (Å²) >= 11 is 1.49. The van der Waals surface area contributed by atoms with Gasteiger partial charge in [-0.3, -0.25) is 4.79 Å². The van der Waals surface area contributed by atoms with E-state index in [1.807, 2.05) is 29.8 Å². The minimum atomic E-state index is -0.153. The summed E-state index contributed by atoms with van der Waals surface area (Å²) < 4.78 is 0. The Hall–Kier alpha value is -2.92. The molecule has 2 N–H and O–H groups in total. The maximum absolute atomic E-state index is 12.5. The van der Waals surface area contributed by atoms with Crippen LogP contribution in [-0.4, -0.2) is 15.9 Å². The number of aromatic nitrogens is 2. The molecule has 2 heterocycles. The molecule has 0 aliphatic rings. The number of benzene rings is 2.